The molecule has 0 fully saturated rings. The minimum atomic E-state index is 0.196. The highest BCUT2D eigenvalue weighted by Crippen LogP contribution is 2.35. The van der Waals surface area contributed by atoms with Crippen molar-refractivity contribution in [3.05, 3.63) is 17.2 Å². The van der Waals surface area contributed by atoms with Gasteiger partial charge in [0.2, 0.25) is 0 Å². The molecule has 0 amide bonds. The lowest BCUT2D eigenvalue weighted by atomic mass is 10.1. The van der Waals surface area contributed by atoms with Gasteiger partial charge in [0.15, 0.2) is 5.13 Å². The lowest BCUT2D eigenvalue weighted by Gasteiger charge is -2.14. The van der Waals surface area contributed by atoms with Gasteiger partial charge in [-0.2, -0.15) is 0 Å². The molecule has 0 radical (unpaired) electrons. The quantitative estimate of drug-likeness (QED) is 0.873. The molecule has 0 saturated heterocycles. The summed E-state index contributed by atoms with van der Waals surface area (Å²) in [7, 11) is 0. The van der Waals surface area contributed by atoms with Crippen molar-refractivity contribution in [2.24, 2.45) is 0 Å². The summed E-state index contributed by atoms with van der Waals surface area (Å²) in [5.41, 5.74) is 3.50. The third-order valence-corrected chi connectivity index (χ3v) is 4.05. The van der Waals surface area contributed by atoms with Gasteiger partial charge in [-0.05, 0) is 51.3 Å². The number of benzene rings is 1. The van der Waals surface area contributed by atoms with Crippen LogP contribution < -0.4 is 10.1 Å². The topological polar surface area (TPSA) is 34.2 Å². The van der Waals surface area contributed by atoms with E-state index in [1.165, 1.54) is 15.8 Å². The van der Waals surface area contributed by atoms with E-state index in [4.69, 9.17) is 4.74 Å². The fourth-order valence-corrected chi connectivity index (χ4v) is 2.95. The number of ether oxygens (including phenoxy) is 1. The highest BCUT2D eigenvalue weighted by molar-refractivity contribution is 7.22. The standard InChI is InChI=1S/C15H22N2OS/c1-6-7-16-15-17-14-11(5)10(4)12(18-9(2)3)8-13(14)19-15/h8-9H,6-7H2,1-5H3,(H,16,17). The van der Waals surface area contributed by atoms with E-state index in [-0.39, 0.29) is 6.10 Å². The van der Waals surface area contributed by atoms with Crippen molar-refractivity contribution in [3.8, 4) is 5.75 Å². The van der Waals surface area contributed by atoms with Gasteiger partial charge < -0.3 is 10.1 Å². The lowest BCUT2D eigenvalue weighted by molar-refractivity contribution is 0.241. The van der Waals surface area contributed by atoms with E-state index in [0.717, 1.165) is 29.4 Å². The Kier molecular flexibility index (Phi) is 4.30. The van der Waals surface area contributed by atoms with Crippen LogP contribution >= 0.6 is 11.3 Å². The maximum absolute atomic E-state index is 5.88. The fourth-order valence-electron chi connectivity index (χ4n) is 1.97. The number of hydrogen-bond acceptors (Lipinski definition) is 4. The van der Waals surface area contributed by atoms with E-state index >= 15 is 0 Å². The molecular formula is C15H22N2OS. The Morgan fingerprint density at radius 3 is 2.68 bits per heavy atom. The SMILES string of the molecule is CCCNc1nc2c(C)c(C)c(OC(C)C)cc2s1. The van der Waals surface area contributed by atoms with Gasteiger partial charge in [-0.1, -0.05) is 18.3 Å². The second-order valence-corrected chi connectivity index (χ2v) is 6.11. The van der Waals surface area contributed by atoms with Crippen LogP contribution in [-0.4, -0.2) is 17.6 Å². The predicted molar refractivity (Wildman–Crippen MR) is 83.6 cm³/mol. The van der Waals surface area contributed by atoms with Crippen LogP contribution in [-0.2, 0) is 0 Å². The number of aryl methyl sites for hydroxylation is 1. The number of fused-ring (bicyclic) bond motifs is 1. The molecule has 0 aliphatic heterocycles. The highest BCUT2D eigenvalue weighted by Gasteiger charge is 2.13. The predicted octanol–water partition coefficient (Wildman–Crippen LogP) is 4.52. The van der Waals surface area contributed by atoms with Crippen LogP contribution in [0.2, 0.25) is 0 Å². The van der Waals surface area contributed by atoms with Gasteiger partial charge in [-0.15, -0.1) is 0 Å². The highest BCUT2D eigenvalue weighted by atomic mass is 32.1. The Balaban J connectivity index is 2.43. The summed E-state index contributed by atoms with van der Waals surface area (Å²) in [6.45, 7) is 11.5. The van der Waals surface area contributed by atoms with Crippen LogP contribution in [0, 0.1) is 13.8 Å². The molecule has 1 N–H and O–H groups in total. The van der Waals surface area contributed by atoms with Crippen LogP contribution in [0.15, 0.2) is 6.07 Å². The second-order valence-electron chi connectivity index (χ2n) is 5.08. The molecule has 0 atom stereocenters. The number of anilines is 1. The van der Waals surface area contributed by atoms with Crippen molar-refractivity contribution in [1.82, 2.24) is 4.98 Å². The first-order valence-electron chi connectivity index (χ1n) is 6.84. The summed E-state index contributed by atoms with van der Waals surface area (Å²) in [5.74, 6) is 0.977. The molecule has 1 aromatic heterocycles. The molecule has 2 rings (SSSR count). The molecule has 3 nitrogen and oxygen atoms in total. The number of nitrogens with one attached hydrogen (secondary N) is 1. The number of aromatic nitrogens is 1. The van der Waals surface area contributed by atoms with Crippen LogP contribution in [0.3, 0.4) is 0 Å². The zero-order valence-corrected chi connectivity index (χ0v) is 13.1. The number of hydrogen-bond donors (Lipinski definition) is 1. The molecule has 0 spiro atoms. The molecular weight excluding hydrogens is 256 g/mol. The second kappa shape index (κ2) is 5.78. The molecule has 2 aromatic rings. The van der Waals surface area contributed by atoms with Gasteiger partial charge in [0.1, 0.15) is 5.75 Å². The van der Waals surface area contributed by atoms with E-state index in [1.807, 2.05) is 0 Å². The van der Waals surface area contributed by atoms with Crippen molar-refractivity contribution >= 4 is 26.7 Å². The fraction of sp³-hybridized carbons (Fsp3) is 0.533. The number of thiazole rings is 1. The van der Waals surface area contributed by atoms with E-state index in [9.17, 15) is 0 Å². The van der Waals surface area contributed by atoms with Gasteiger partial charge in [0, 0.05) is 6.54 Å². The van der Waals surface area contributed by atoms with E-state index in [2.05, 4.69) is 51.0 Å². The largest absolute Gasteiger partial charge is 0.491 e. The third kappa shape index (κ3) is 3.00. The van der Waals surface area contributed by atoms with Crippen LogP contribution in [0.1, 0.15) is 38.3 Å². The zero-order chi connectivity index (χ0) is 14.0. The number of rotatable bonds is 5. The maximum Gasteiger partial charge on any atom is 0.183 e. The molecule has 0 saturated carbocycles. The van der Waals surface area contributed by atoms with Crippen molar-refractivity contribution in [3.63, 3.8) is 0 Å². The van der Waals surface area contributed by atoms with Crippen molar-refractivity contribution < 1.29 is 4.74 Å². The summed E-state index contributed by atoms with van der Waals surface area (Å²) in [6, 6.07) is 2.12. The Labute approximate surface area is 119 Å². The van der Waals surface area contributed by atoms with Gasteiger partial charge in [0.25, 0.3) is 0 Å². The van der Waals surface area contributed by atoms with Crippen molar-refractivity contribution in [1.29, 1.82) is 0 Å². The van der Waals surface area contributed by atoms with Gasteiger partial charge in [-0.25, -0.2) is 4.98 Å². The molecule has 0 aliphatic carbocycles. The Hall–Kier alpha value is -1.29. The molecule has 4 heteroatoms. The lowest BCUT2D eigenvalue weighted by Crippen LogP contribution is -2.07. The molecule has 0 bridgehead atoms. The average molecular weight is 278 g/mol. The normalized spacial score (nSPS) is 11.3. The van der Waals surface area contributed by atoms with Crippen molar-refractivity contribution in [2.45, 2.75) is 47.1 Å². The minimum Gasteiger partial charge on any atom is -0.491 e. The smallest absolute Gasteiger partial charge is 0.183 e. The summed E-state index contributed by atoms with van der Waals surface area (Å²) in [5, 5.41) is 4.36. The minimum absolute atomic E-state index is 0.196. The van der Waals surface area contributed by atoms with E-state index in [0.29, 0.717) is 0 Å². The summed E-state index contributed by atoms with van der Waals surface area (Å²) < 4.78 is 7.07. The Bertz CT molecular complexity index is 575. The van der Waals surface area contributed by atoms with Crippen molar-refractivity contribution in [2.75, 3.05) is 11.9 Å². The summed E-state index contributed by atoms with van der Waals surface area (Å²) in [6.07, 6.45) is 1.30. The van der Waals surface area contributed by atoms with E-state index < -0.39 is 0 Å². The third-order valence-electron chi connectivity index (χ3n) is 3.09. The van der Waals surface area contributed by atoms with Crippen LogP contribution in [0.5, 0.6) is 5.75 Å². The first-order valence-corrected chi connectivity index (χ1v) is 7.65. The molecule has 0 unspecified atom stereocenters. The van der Waals surface area contributed by atoms with Crippen LogP contribution in [0.25, 0.3) is 10.2 Å². The van der Waals surface area contributed by atoms with Gasteiger partial charge in [-0.3, -0.25) is 0 Å². The maximum atomic E-state index is 5.88. The van der Waals surface area contributed by atoms with Gasteiger partial charge in [0.05, 0.1) is 16.3 Å². The summed E-state index contributed by atoms with van der Waals surface area (Å²) in [4.78, 5) is 4.68. The summed E-state index contributed by atoms with van der Waals surface area (Å²) >= 11 is 1.70. The Morgan fingerprint density at radius 1 is 1.32 bits per heavy atom. The Morgan fingerprint density at radius 2 is 2.05 bits per heavy atom. The van der Waals surface area contributed by atoms with E-state index in [1.54, 1.807) is 11.3 Å². The first-order chi connectivity index (χ1) is 9.02. The zero-order valence-electron chi connectivity index (χ0n) is 12.3. The first kappa shape index (κ1) is 14.1. The molecule has 1 heterocycles. The molecule has 0 aliphatic rings. The molecule has 19 heavy (non-hydrogen) atoms. The van der Waals surface area contributed by atoms with Gasteiger partial charge >= 0.3 is 0 Å². The monoisotopic (exact) mass is 278 g/mol. The molecule has 1 aromatic carbocycles. The molecule has 104 valence electrons. The van der Waals surface area contributed by atoms with Crippen LogP contribution in [0.4, 0.5) is 5.13 Å². The number of nitrogens with zero attached hydrogens (tertiary/aromatic N) is 1. The average Bonchev–Trinajstić information content (AvgIpc) is 2.75.